The van der Waals surface area contributed by atoms with Crippen molar-refractivity contribution >= 4 is 16.8 Å². The molecule has 1 amide bonds. The first-order chi connectivity index (χ1) is 9.20. The Hall–Kier alpha value is -1.94. The number of carbonyl (C=O) groups is 1. The molecular weight excluding hydrogens is 238 g/mol. The van der Waals surface area contributed by atoms with Gasteiger partial charge in [-0.3, -0.25) is 9.78 Å². The predicted octanol–water partition coefficient (Wildman–Crippen LogP) is 2.15. The molecular formula is C15H19N3O. The standard InChI is InChI=1S/C15H19N3O/c1-2-7-17-14(10-15(16)19)12-5-6-13-11(9-12)4-3-8-18-13/h3-6,8-9,14,17H,2,7,10H2,1H3,(H2,16,19). The van der Waals surface area contributed by atoms with Crippen LogP contribution < -0.4 is 11.1 Å². The third-order valence-corrected chi connectivity index (χ3v) is 3.08. The second-order valence-electron chi connectivity index (χ2n) is 4.63. The van der Waals surface area contributed by atoms with Crippen LogP contribution in [0.4, 0.5) is 0 Å². The minimum Gasteiger partial charge on any atom is -0.370 e. The average Bonchev–Trinajstić information content (AvgIpc) is 2.42. The first-order valence-corrected chi connectivity index (χ1v) is 6.57. The van der Waals surface area contributed by atoms with Crippen molar-refractivity contribution in [2.24, 2.45) is 5.73 Å². The van der Waals surface area contributed by atoms with E-state index in [4.69, 9.17) is 5.73 Å². The van der Waals surface area contributed by atoms with Gasteiger partial charge in [0.05, 0.1) is 5.52 Å². The Balaban J connectivity index is 2.29. The molecule has 0 aliphatic heterocycles. The lowest BCUT2D eigenvalue weighted by molar-refractivity contribution is -0.118. The summed E-state index contributed by atoms with van der Waals surface area (Å²) in [7, 11) is 0. The fourth-order valence-corrected chi connectivity index (χ4v) is 2.14. The van der Waals surface area contributed by atoms with Gasteiger partial charge in [0.25, 0.3) is 0 Å². The summed E-state index contributed by atoms with van der Waals surface area (Å²) in [5, 5.41) is 4.44. The van der Waals surface area contributed by atoms with E-state index in [-0.39, 0.29) is 11.9 Å². The molecule has 0 bridgehead atoms. The van der Waals surface area contributed by atoms with E-state index in [0.717, 1.165) is 29.4 Å². The average molecular weight is 257 g/mol. The Kier molecular flexibility index (Phi) is 4.47. The maximum absolute atomic E-state index is 11.2. The minimum absolute atomic E-state index is 0.0259. The van der Waals surface area contributed by atoms with Crippen LogP contribution in [-0.4, -0.2) is 17.4 Å². The van der Waals surface area contributed by atoms with Crippen molar-refractivity contribution in [1.29, 1.82) is 0 Å². The van der Waals surface area contributed by atoms with Crippen LogP contribution in [0.5, 0.6) is 0 Å². The van der Waals surface area contributed by atoms with Crippen molar-refractivity contribution in [2.45, 2.75) is 25.8 Å². The van der Waals surface area contributed by atoms with Crippen molar-refractivity contribution in [3.63, 3.8) is 0 Å². The highest BCUT2D eigenvalue weighted by molar-refractivity contribution is 5.80. The lowest BCUT2D eigenvalue weighted by atomic mass is 10.0. The molecule has 2 rings (SSSR count). The van der Waals surface area contributed by atoms with Crippen molar-refractivity contribution in [2.75, 3.05) is 6.54 Å². The molecule has 1 heterocycles. The van der Waals surface area contributed by atoms with Gasteiger partial charge in [0.15, 0.2) is 0 Å². The van der Waals surface area contributed by atoms with Crippen LogP contribution in [0.3, 0.4) is 0 Å². The van der Waals surface area contributed by atoms with Crippen LogP contribution in [0.2, 0.25) is 0 Å². The number of hydrogen-bond acceptors (Lipinski definition) is 3. The topological polar surface area (TPSA) is 68.0 Å². The molecule has 0 fully saturated rings. The zero-order chi connectivity index (χ0) is 13.7. The molecule has 100 valence electrons. The lowest BCUT2D eigenvalue weighted by Crippen LogP contribution is -2.27. The largest absolute Gasteiger partial charge is 0.370 e. The lowest BCUT2D eigenvalue weighted by Gasteiger charge is -2.17. The molecule has 1 atom stereocenters. The quantitative estimate of drug-likeness (QED) is 0.833. The van der Waals surface area contributed by atoms with Gasteiger partial charge in [0.1, 0.15) is 0 Å². The van der Waals surface area contributed by atoms with Gasteiger partial charge in [-0.05, 0) is 36.7 Å². The van der Waals surface area contributed by atoms with Crippen LogP contribution in [0.25, 0.3) is 10.9 Å². The fraction of sp³-hybridized carbons (Fsp3) is 0.333. The van der Waals surface area contributed by atoms with E-state index in [2.05, 4.69) is 23.3 Å². The number of hydrogen-bond donors (Lipinski definition) is 2. The van der Waals surface area contributed by atoms with E-state index < -0.39 is 0 Å². The van der Waals surface area contributed by atoms with Crippen LogP contribution in [0.1, 0.15) is 31.4 Å². The number of primary amides is 1. The molecule has 19 heavy (non-hydrogen) atoms. The molecule has 1 aromatic carbocycles. The number of pyridine rings is 1. The maximum Gasteiger partial charge on any atom is 0.219 e. The van der Waals surface area contributed by atoms with E-state index in [0.29, 0.717) is 6.42 Å². The van der Waals surface area contributed by atoms with Gasteiger partial charge < -0.3 is 11.1 Å². The normalized spacial score (nSPS) is 12.5. The zero-order valence-corrected chi connectivity index (χ0v) is 11.1. The summed E-state index contributed by atoms with van der Waals surface area (Å²) in [6.07, 6.45) is 3.11. The summed E-state index contributed by atoms with van der Waals surface area (Å²) in [5.41, 5.74) is 7.36. The molecule has 3 N–H and O–H groups in total. The SMILES string of the molecule is CCCNC(CC(N)=O)c1ccc2ncccc2c1. The number of nitrogens with zero attached hydrogens (tertiary/aromatic N) is 1. The Labute approximate surface area is 113 Å². The predicted molar refractivity (Wildman–Crippen MR) is 76.6 cm³/mol. The molecule has 2 aromatic rings. The monoisotopic (exact) mass is 257 g/mol. The summed E-state index contributed by atoms with van der Waals surface area (Å²) in [6.45, 7) is 2.96. The number of aromatic nitrogens is 1. The third kappa shape index (κ3) is 3.51. The van der Waals surface area contributed by atoms with Gasteiger partial charge in [-0.25, -0.2) is 0 Å². The first kappa shape index (κ1) is 13.5. The maximum atomic E-state index is 11.2. The molecule has 0 spiro atoms. The van der Waals surface area contributed by atoms with Crippen molar-refractivity contribution in [3.05, 3.63) is 42.1 Å². The molecule has 1 unspecified atom stereocenters. The summed E-state index contributed by atoms with van der Waals surface area (Å²) >= 11 is 0. The second-order valence-corrected chi connectivity index (χ2v) is 4.63. The van der Waals surface area contributed by atoms with Crippen LogP contribution in [-0.2, 0) is 4.79 Å². The first-order valence-electron chi connectivity index (χ1n) is 6.57. The van der Waals surface area contributed by atoms with Crippen LogP contribution in [0, 0.1) is 0 Å². The Morgan fingerprint density at radius 2 is 2.26 bits per heavy atom. The Bertz CT molecular complexity index is 568. The molecule has 0 radical (unpaired) electrons. The van der Waals surface area contributed by atoms with Gasteiger partial charge in [-0.2, -0.15) is 0 Å². The van der Waals surface area contributed by atoms with Gasteiger partial charge in [-0.1, -0.05) is 19.1 Å². The molecule has 4 heteroatoms. The molecule has 0 aliphatic rings. The van der Waals surface area contributed by atoms with E-state index in [1.54, 1.807) is 6.20 Å². The minimum atomic E-state index is -0.292. The third-order valence-electron chi connectivity index (χ3n) is 3.08. The van der Waals surface area contributed by atoms with Gasteiger partial charge >= 0.3 is 0 Å². The van der Waals surface area contributed by atoms with E-state index >= 15 is 0 Å². The van der Waals surface area contributed by atoms with Crippen molar-refractivity contribution < 1.29 is 4.79 Å². The number of benzene rings is 1. The molecule has 4 nitrogen and oxygen atoms in total. The highest BCUT2D eigenvalue weighted by Crippen LogP contribution is 2.21. The van der Waals surface area contributed by atoms with E-state index in [1.807, 2.05) is 24.3 Å². The van der Waals surface area contributed by atoms with Gasteiger partial charge in [-0.15, -0.1) is 0 Å². The number of carbonyl (C=O) groups excluding carboxylic acids is 1. The summed E-state index contributed by atoms with van der Waals surface area (Å²) < 4.78 is 0. The number of nitrogens with one attached hydrogen (secondary N) is 1. The van der Waals surface area contributed by atoms with Crippen molar-refractivity contribution in [3.8, 4) is 0 Å². The van der Waals surface area contributed by atoms with E-state index in [9.17, 15) is 4.79 Å². The van der Waals surface area contributed by atoms with Crippen molar-refractivity contribution in [1.82, 2.24) is 10.3 Å². The Morgan fingerprint density at radius 1 is 1.42 bits per heavy atom. The number of fused-ring (bicyclic) bond motifs is 1. The summed E-state index contributed by atoms with van der Waals surface area (Å²) in [5.74, 6) is -0.292. The van der Waals surface area contributed by atoms with Crippen LogP contribution in [0.15, 0.2) is 36.5 Å². The molecule has 0 saturated heterocycles. The van der Waals surface area contributed by atoms with E-state index in [1.165, 1.54) is 0 Å². The number of amides is 1. The van der Waals surface area contributed by atoms with Gasteiger partial charge in [0.2, 0.25) is 5.91 Å². The number of nitrogens with two attached hydrogens (primary N) is 1. The number of rotatable bonds is 6. The molecule has 0 saturated carbocycles. The zero-order valence-electron chi connectivity index (χ0n) is 11.1. The van der Waals surface area contributed by atoms with Crippen LogP contribution >= 0.6 is 0 Å². The second kappa shape index (κ2) is 6.29. The smallest absolute Gasteiger partial charge is 0.219 e. The fourth-order valence-electron chi connectivity index (χ4n) is 2.14. The molecule has 1 aromatic heterocycles. The highest BCUT2D eigenvalue weighted by atomic mass is 16.1. The summed E-state index contributed by atoms with van der Waals surface area (Å²) in [6, 6.07) is 9.96. The Morgan fingerprint density at radius 3 is 3.00 bits per heavy atom. The van der Waals surface area contributed by atoms with Gasteiger partial charge in [0, 0.05) is 24.0 Å². The molecule has 0 aliphatic carbocycles. The highest BCUT2D eigenvalue weighted by Gasteiger charge is 2.13. The summed E-state index contributed by atoms with van der Waals surface area (Å²) in [4.78, 5) is 15.5.